The molecule has 0 heterocycles. The van der Waals surface area contributed by atoms with Gasteiger partial charge in [-0.25, -0.2) is 0 Å². The summed E-state index contributed by atoms with van der Waals surface area (Å²) in [5, 5.41) is 31.9. The Balaban J connectivity index is 0. The van der Waals surface area contributed by atoms with Crippen LogP contribution in [0.1, 0.15) is 25.8 Å². The molecular formula is C27H43N3O6S. The highest BCUT2D eigenvalue weighted by Crippen LogP contribution is 2.14. The Labute approximate surface area is 224 Å². The number of aliphatic imine (C=N–C) groups is 1. The van der Waals surface area contributed by atoms with Gasteiger partial charge in [0.1, 0.15) is 0 Å². The van der Waals surface area contributed by atoms with E-state index >= 15 is 0 Å². The third kappa shape index (κ3) is 22.2. The normalized spacial score (nSPS) is 10.6. The summed E-state index contributed by atoms with van der Waals surface area (Å²) in [5.74, 6) is 1.05. The van der Waals surface area contributed by atoms with Gasteiger partial charge in [0, 0.05) is 17.7 Å². The lowest BCUT2D eigenvalue weighted by atomic mass is 10.1. The molecule has 0 fully saturated rings. The molecule has 8 N–H and O–H groups in total. The van der Waals surface area contributed by atoms with Crippen molar-refractivity contribution in [3.63, 3.8) is 0 Å². The quantitative estimate of drug-likeness (QED) is 0.136. The molecule has 0 saturated carbocycles. The molecule has 2 rings (SSSR count). The number of nitrogens with zero attached hydrogens (tertiary/aromatic N) is 1. The van der Waals surface area contributed by atoms with Crippen LogP contribution in [-0.4, -0.2) is 83.7 Å². The largest absolute Gasteiger partial charge is 0.398 e. The van der Waals surface area contributed by atoms with E-state index in [1.165, 1.54) is 12.6 Å². The number of carbonyl (C=O) groups excluding carboxylic acids is 1. The maximum atomic E-state index is 11.5. The SMILES string of the molecule is CCC.NC(=O)/C(C=Nc1ccccc1)=C(/N)c1ccccc1.OCCO.OCCOCCSCCO. The van der Waals surface area contributed by atoms with Crippen molar-refractivity contribution in [2.24, 2.45) is 16.5 Å². The molecular weight excluding hydrogens is 494 g/mol. The number of amides is 1. The maximum absolute atomic E-state index is 11.5. The van der Waals surface area contributed by atoms with E-state index < -0.39 is 5.91 Å². The lowest BCUT2D eigenvalue weighted by Crippen LogP contribution is -2.19. The fraction of sp³-hybridized carbons (Fsp3) is 0.407. The zero-order valence-electron chi connectivity index (χ0n) is 21.8. The number of rotatable bonds is 12. The summed E-state index contributed by atoms with van der Waals surface area (Å²) in [7, 11) is 0. The van der Waals surface area contributed by atoms with Crippen LogP contribution in [0.3, 0.4) is 0 Å². The Morgan fingerprint density at radius 1 is 0.838 bits per heavy atom. The zero-order valence-corrected chi connectivity index (χ0v) is 22.6. The van der Waals surface area contributed by atoms with Gasteiger partial charge < -0.3 is 36.6 Å². The second-order valence-electron chi connectivity index (χ2n) is 6.98. The fourth-order valence-electron chi connectivity index (χ4n) is 2.14. The number of para-hydroxylation sites is 1. The van der Waals surface area contributed by atoms with Crippen LogP contribution in [0.15, 0.2) is 71.2 Å². The summed E-state index contributed by atoms with van der Waals surface area (Å²) in [6.07, 6.45) is 2.65. The Morgan fingerprint density at radius 2 is 1.38 bits per heavy atom. The summed E-state index contributed by atoms with van der Waals surface area (Å²) in [5.41, 5.74) is 13.3. The van der Waals surface area contributed by atoms with Gasteiger partial charge in [0.25, 0.3) is 5.91 Å². The van der Waals surface area contributed by atoms with Crippen LogP contribution >= 0.6 is 11.8 Å². The van der Waals surface area contributed by atoms with Crippen molar-refractivity contribution in [1.82, 2.24) is 0 Å². The Kier molecular flexibility index (Phi) is 27.4. The van der Waals surface area contributed by atoms with Crippen molar-refractivity contribution < 1.29 is 30.0 Å². The smallest absolute Gasteiger partial charge is 0.252 e. The third-order valence-corrected chi connectivity index (χ3v) is 4.61. The first-order chi connectivity index (χ1) is 17.9. The monoisotopic (exact) mass is 537 g/mol. The first-order valence-corrected chi connectivity index (χ1v) is 13.1. The molecule has 1 amide bonds. The molecule has 0 aliphatic heterocycles. The van der Waals surface area contributed by atoms with E-state index in [-0.39, 0.29) is 32.0 Å². The highest BCUT2D eigenvalue weighted by atomic mass is 32.2. The van der Waals surface area contributed by atoms with Crippen LogP contribution in [0, 0.1) is 0 Å². The van der Waals surface area contributed by atoms with Crippen molar-refractivity contribution in [2.75, 3.05) is 51.1 Å². The Hall–Kier alpha value is -2.73. The van der Waals surface area contributed by atoms with Crippen molar-refractivity contribution in [3.05, 3.63) is 71.8 Å². The van der Waals surface area contributed by atoms with Gasteiger partial charge >= 0.3 is 0 Å². The van der Waals surface area contributed by atoms with E-state index in [4.69, 9.17) is 36.6 Å². The molecule has 0 unspecified atom stereocenters. The molecule has 208 valence electrons. The molecule has 0 aliphatic carbocycles. The molecule has 2 aromatic carbocycles. The number of ether oxygens (including phenoxy) is 1. The maximum Gasteiger partial charge on any atom is 0.252 e. The van der Waals surface area contributed by atoms with Gasteiger partial charge in [0.2, 0.25) is 0 Å². The Morgan fingerprint density at radius 3 is 1.84 bits per heavy atom. The topological polar surface area (TPSA) is 172 Å². The molecule has 10 heteroatoms. The highest BCUT2D eigenvalue weighted by Gasteiger charge is 2.09. The van der Waals surface area contributed by atoms with E-state index in [0.29, 0.717) is 18.9 Å². The summed E-state index contributed by atoms with van der Waals surface area (Å²) >= 11 is 1.65. The molecule has 0 spiro atoms. The standard InChI is InChI=1S/C16H15N3O.C6H14O3S.C3H8.C2H6O2/c17-15(12-7-3-1-4-8-12)14(16(18)20)11-19-13-9-5-2-6-10-13;7-1-3-9-4-6-10-5-2-8;1-3-2;3-1-2-4/h1-11H,17H2,(H2,18,20);7-8H,1-6H2;3H2,1-2H3;3-4H,1-2H2/b15-14+,19-11?;;;. The van der Waals surface area contributed by atoms with Crippen LogP contribution in [0.5, 0.6) is 0 Å². The Bertz CT molecular complexity index is 827. The lowest BCUT2D eigenvalue weighted by Gasteiger charge is -2.05. The predicted molar refractivity (Wildman–Crippen MR) is 154 cm³/mol. The van der Waals surface area contributed by atoms with E-state index in [1.807, 2.05) is 60.7 Å². The first-order valence-electron chi connectivity index (χ1n) is 12.0. The van der Waals surface area contributed by atoms with Gasteiger partial charge in [-0.2, -0.15) is 11.8 Å². The van der Waals surface area contributed by atoms with E-state index in [2.05, 4.69) is 18.8 Å². The molecule has 9 nitrogen and oxygen atoms in total. The van der Waals surface area contributed by atoms with Crippen LogP contribution in [0.4, 0.5) is 5.69 Å². The average molecular weight is 538 g/mol. The number of aliphatic hydroxyl groups is 4. The summed E-state index contributed by atoms with van der Waals surface area (Å²) in [4.78, 5) is 15.7. The van der Waals surface area contributed by atoms with Gasteiger partial charge in [-0.3, -0.25) is 9.79 Å². The third-order valence-electron chi connectivity index (χ3n) is 3.68. The van der Waals surface area contributed by atoms with E-state index in [9.17, 15) is 4.79 Å². The molecule has 0 aliphatic rings. The fourth-order valence-corrected chi connectivity index (χ4v) is 2.71. The number of nitrogens with two attached hydrogens (primary N) is 2. The van der Waals surface area contributed by atoms with Crippen LogP contribution in [0.2, 0.25) is 0 Å². The van der Waals surface area contributed by atoms with Crippen molar-refractivity contribution in [1.29, 1.82) is 0 Å². The summed E-state index contributed by atoms with van der Waals surface area (Å²) < 4.78 is 4.98. The molecule has 0 atom stereocenters. The molecule has 0 bridgehead atoms. The number of hydrogen-bond donors (Lipinski definition) is 6. The lowest BCUT2D eigenvalue weighted by molar-refractivity contribution is -0.114. The minimum absolute atomic E-state index is 0.0880. The van der Waals surface area contributed by atoms with Crippen molar-refractivity contribution in [2.45, 2.75) is 20.3 Å². The number of aliphatic hydroxyl groups excluding tert-OH is 4. The number of benzene rings is 2. The second-order valence-corrected chi connectivity index (χ2v) is 8.20. The van der Waals surface area contributed by atoms with E-state index in [1.54, 1.807) is 11.8 Å². The molecule has 0 aromatic heterocycles. The van der Waals surface area contributed by atoms with Gasteiger partial charge in [-0.05, 0) is 17.7 Å². The summed E-state index contributed by atoms with van der Waals surface area (Å²) in [6.45, 7) is 5.39. The molecule has 0 saturated heterocycles. The number of carbonyl (C=O) groups is 1. The zero-order chi connectivity index (χ0) is 28.2. The minimum atomic E-state index is -0.606. The molecule has 2 aromatic rings. The first kappa shape index (κ1) is 36.4. The number of thioether (sulfide) groups is 1. The summed E-state index contributed by atoms with van der Waals surface area (Å²) in [6, 6.07) is 18.5. The van der Waals surface area contributed by atoms with Gasteiger partial charge in [0.15, 0.2) is 0 Å². The predicted octanol–water partition coefficient (Wildman–Crippen LogP) is 2.35. The van der Waals surface area contributed by atoms with Crippen LogP contribution in [0.25, 0.3) is 5.70 Å². The van der Waals surface area contributed by atoms with Gasteiger partial charge in [-0.15, -0.1) is 0 Å². The van der Waals surface area contributed by atoms with Crippen molar-refractivity contribution in [3.8, 4) is 0 Å². The highest BCUT2D eigenvalue weighted by molar-refractivity contribution is 7.99. The number of hydrogen-bond acceptors (Lipinski definition) is 9. The van der Waals surface area contributed by atoms with Crippen LogP contribution < -0.4 is 11.5 Å². The van der Waals surface area contributed by atoms with Gasteiger partial charge in [-0.1, -0.05) is 68.8 Å². The van der Waals surface area contributed by atoms with E-state index in [0.717, 1.165) is 22.8 Å². The van der Waals surface area contributed by atoms with Crippen LogP contribution in [-0.2, 0) is 9.53 Å². The minimum Gasteiger partial charge on any atom is -0.398 e. The van der Waals surface area contributed by atoms with Gasteiger partial charge in [0.05, 0.1) is 56.6 Å². The molecule has 0 radical (unpaired) electrons. The molecule has 37 heavy (non-hydrogen) atoms. The average Bonchev–Trinajstić information content (AvgIpc) is 2.92. The van der Waals surface area contributed by atoms with Crippen molar-refractivity contribution >= 4 is 35.3 Å². The second kappa shape index (κ2) is 27.9. The number of primary amides is 1.